The van der Waals surface area contributed by atoms with Crippen LogP contribution >= 0.6 is 0 Å². The minimum atomic E-state index is -3.46. The molecule has 0 aromatic heterocycles. The number of nitrogens with two attached hydrogens (primary N) is 1. The molecule has 3 N–H and O–H groups in total. The summed E-state index contributed by atoms with van der Waals surface area (Å²) in [6.45, 7) is 1.79. The number of carbonyl (C=O) groups is 2. The van der Waals surface area contributed by atoms with Crippen molar-refractivity contribution in [2.75, 3.05) is 33.7 Å². The van der Waals surface area contributed by atoms with Gasteiger partial charge >= 0.3 is 0 Å². The topological polar surface area (TPSA) is 113 Å². The van der Waals surface area contributed by atoms with Crippen LogP contribution in [-0.4, -0.2) is 63.2 Å². The summed E-state index contributed by atoms with van der Waals surface area (Å²) in [5.41, 5.74) is 6.03. The lowest BCUT2D eigenvalue weighted by Gasteiger charge is -2.31. The van der Waals surface area contributed by atoms with Crippen molar-refractivity contribution >= 4 is 21.8 Å². The average molecular weight is 382 g/mol. The van der Waals surface area contributed by atoms with Crippen LogP contribution in [0.15, 0.2) is 29.2 Å². The minimum Gasteiger partial charge on any atom is -0.369 e. The number of hydrogen-bond donors (Lipinski definition) is 2. The average Bonchev–Trinajstić information content (AvgIpc) is 2.59. The molecule has 2 rings (SSSR count). The fraction of sp³-hybridized carbons (Fsp3) is 0.529. The van der Waals surface area contributed by atoms with Crippen LogP contribution in [0.2, 0.25) is 0 Å². The predicted octanol–water partition coefficient (Wildman–Crippen LogP) is -0.250. The highest BCUT2D eigenvalue weighted by Gasteiger charge is 2.26. The van der Waals surface area contributed by atoms with Gasteiger partial charge in [-0.1, -0.05) is 12.1 Å². The fourth-order valence-corrected chi connectivity index (χ4v) is 3.86. The van der Waals surface area contributed by atoms with Crippen molar-refractivity contribution in [3.63, 3.8) is 0 Å². The van der Waals surface area contributed by atoms with Gasteiger partial charge in [0, 0.05) is 27.2 Å². The first kappa shape index (κ1) is 20.3. The highest BCUT2D eigenvalue weighted by atomic mass is 32.2. The molecule has 1 aliphatic rings. The van der Waals surface area contributed by atoms with Gasteiger partial charge in [0.1, 0.15) is 0 Å². The van der Waals surface area contributed by atoms with Gasteiger partial charge in [-0.3, -0.25) is 14.5 Å². The van der Waals surface area contributed by atoms with Crippen LogP contribution in [0.4, 0.5) is 0 Å². The molecule has 0 saturated carbocycles. The number of primary amides is 1. The molecule has 1 atom stereocenters. The quantitative estimate of drug-likeness (QED) is 0.675. The third-order valence-corrected chi connectivity index (χ3v) is 6.25. The normalized spacial score (nSPS) is 18.7. The van der Waals surface area contributed by atoms with Gasteiger partial charge in [0.05, 0.1) is 17.4 Å². The second-order valence-electron chi connectivity index (χ2n) is 6.69. The summed E-state index contributed by atoms with van der Waals surface area (Å²) in [5, 5.41) is 2.88. The number of benzene rings is 1. The van der Waals surface area contributed by atoms with Crippen molar-refractivity contribution in [2.24, 2.45) is 11.7 Å². The van der Waals surface area contributed by atoms with Crippen LogP contribution in [0.1, 0.15) is 18.4 Å². The number of rotatable bonds is 7. The number of nitrogens with one attached hydrogen (secondary N) is 1. The molecule has 0 unspecified atom stereocenters. The van der Waals surface area contributed by atoms with E-state index in [4.69, 9.17) is 5.73 Å². The molecule has 0 spiro atoms. The standard InChI is InChI=1S/C17H26N4O4S/c1-20(2)26(24,25)15-7-5-13(6-8-15)10-19-17(23)14-4-3-9-21(11-14)12-16(18)22/h5-8,14H,3-4,9-12H2,1-2H3,(H2,18,22)(H,19,23)/t14-/m1/s1. The summed E-state index contributed by atoms with van der Waals surface area (Å²) in [4.78, 5) is 25.5. The molecule has 1 aromatic rings. The van der Waals surface area contributed by atoms with Crippen LogP contribution in [0.25, 0.3) is 0 Å². The second-order valence-corrected chi connectivity index (χ2v) is 8.84. The Labute approximate surface area is 154 Å². The molecule has 9 heteroatoms. The summed E-state index contributed by atoms with van der Waals surface area (Å²) in [7, 11) is -0.493. The summed E-state index contributed by atoms with van der Waals surface area (Å²) >= 11 is 0. The Bertz CT molecular complexity index is 747. The van der Waals surface area contributed by atoms with Crippen molar-refractivity contribution in [2.45, 2.75) is 24.3 Å². The molecule has 1 heterocycles. The van der Waals surface area contributed by atoms with Crippen molar-refractivity contribution < 1.29 is 18.0 Å². The predicted molar refractivity (Wildman–Crippen MR) is 97.5 cm³/mol. The van der Waals surface area contributed by atoms with E-state index < -0.39 is 10.0 Å². The van der Waals surface area contributed by atoms with E-state index in [9.17, 15) is 18.0 Å². The zero-order valence-corrected chi connectivity index (χ0v) is 16.0. The molecule has 0 bridgehead atoms. The molecule has 8 nitrogen and oxygen atoms in total. The largest absolute Gasteiger partial charge is 0.369 e. The van der Waals surface area contributed by atoms with Gasteiger partial charge in [0.25, 0.3) is 0 Å². The Hall–Kier alpha value is -1.97. The Morgan fingerprint density at radius 2 is 1.92 bits per heavy atom. The third-order valence-electron chi connectivity index (χ3n) is 4.42. The molecule has 2 amide bonds. The molecule has 144 valence electrons. The van der Waals surface area contributed by atoms with Crippen LogP contribution in [-0.2, 0) is 26.2 Å². The maximum absolute atomic E-state index is 12.4. The molecule has 0 radical (unpaired) electrons. The first-order valence-corrected chi connectivity index (χ1v) is 9.94. The van der Waals surface area contributed by atoms with Gasteiger partial charge in [-0.25, -0.2) is 12.7 Å². The second kappa shape index (κ2) is 8.61. The number of sulfonamides is 1. The Kier molecular flexibility index (Phi) is 6.74. The monoisotopic (exact) mass is 382 g/mol. The Morgan fingerprint density at radius 1 is 1.27 bits per heavy atom. The first-order chi connectivity index (χ1) is 12.2. The van der Waals surface area contributed by atoms with E-state index in [0.29, 0.717) is 13.1 Å². The maximum atomic E-state index is 12.4. The highest BCUT2D eigenvalue weighted by molar-refractivity contribution is 7.89. The summed E-state index contributed by atoms with van der Waals surface area (Å²) in [6, 6.07) is 6.45. The van der Waals surface area contributed by atoms with Crippen LogP contribution < -0.4 is 11.1 Å². The summed E-state index contributed by atoms with van der Waals surface area (Å²) < 4.78 is 25.2. The van der Waals surface area contributed by atoms with Gasteiger partial charge in [0.2, 0.25) is 21.8 Å². The molecule has 1 aromatic carbocycles. The van der Waals surface area contributed by atoms with Gasteiger partial charge in [0.15, 0.2) is 0 Å². The third kappa shape index (κ3) is 5.26. The van der Waals surface area contributed by atoms with E-state index in [-0.39, 0.29) is 29.2 Å². The van der Waals surface area contributed by atoms with E-state index in [1.165, 1.54) is 26.2 Å². The molecular formula is C17H26N4O4S. The van der Waals surface area contributed by atoms with Gasteiger partial charge in [-0.15, -0.1) is 0 Å². The van der Waals surface area contributed by atoms with Crippen molar-refractivity contribution in [1.82, 2.24) is 14.5 Å². The van der Waals surface area contributed by atoms with Gasteiger partial charge in [-0.05, 0) is 37.1 Å². The smallest absolute Gasteiger partial charge is 0.242 e. The summed E-state index contributed by atoms with van der Waals surface area (Å²) in [6.07, 6.45) is 1.63. The zero-order chi connectivity index (χ0) is 19.3. The van der Waals surface area contributed by atoms with E-state index in [2.05, 4.69) is 5.32 Å². The summed E-state index contributed by atoms with van der Waals surface area (Å²) in [5.74, 6) is -0.625. The van der Waals surface area contributed by atoms with E-state index in [0.717, 1.165) is 29.3 Å². The molecule has 1 aliphatic heterocycles. The molecule has 1 fully saturated rings. The lowest BCUT2D eigenvalue weighted by Crippen LogP contribution is -2.45. The number of carbonyl (C=O) groups excluding carboxylic acids is 2. The van der Waals surface area contributed by atoms with E-state index >= 15 is 0 Å². The highest BCUT2D eigenvalue weighted by Crippen LogP contribution is 2.17. The number of amides is 2. The van der Waals surface area contributed by atoms with Crippen LogP contribution in [0.3, 0.4) is 0 Å². The maximum Gasteiger partial charge on any atom is 0.242 e. The minimum absolute atomic E-state index is 0.0656. The van der Waals surface area contributed by atoms with Gasteiger partial charge in [-0.2, -0.15) is 0 Å². The van der Waals surface area contributed by atoms with Crippen molar-refractivity contribution in [3.8, 4) is 0 Å². The molecular weight excluding hydrogens is 356 g/mol. The Balaban J connectivity index is 1.90. The van der Waals surface area contributed by atoms with Gasteiger partial charge < -0.3 is 11.1 Å². The molecule has 1 saturated heterocycles. The number of likely N-dealkylation sites (tertiary alicyclic amines) is 1. The lowest BCUT2D eigenvalue weighted by molar-refractivity contribution is -0.128. The number of hydrogen-bond acceptors (Lipinski definition) is 5. The van der Waals surface area contributed by atoms with E-state index in [1.807, 2.05) is 4.90 Å². The molecule has 26 heavy (non-hydrogen) atoms. The lowest BCUT2D eigenvalue weighted by atomic mass is 9.97. The fourth-order valence-electron chi connectivity index (χ4n) is 2.96. The number of nitrogens with zero attached hydrogens (tertiary/aromatic N) is 2. The van der Waals surface area contributed by atoms with E-state index in [1.54, 1.807) is 12.1 Å². The SMILES string of the molecule is CN(C)S(=O)(=O)c1ccc(CNC(=O)[C@@H]2CCCN(CC(N)=O)C2)cc1. The molecule has 0 aliphatic carbocycles. The van der Waals surface area contributed by atoms with Crippen LogP contribution in [0, 0.1) is 5.92 Å². The Morgan fingerprint density at radius 3 is 2.50 bits per heavy atom. The van der Waals surface area contributed by atoms with Crippen molar-refractivity contribution in [3.05, 3.63) is 29.8 Å². The zero-order valence-electron chi connectivity index (χ0n) is 15.1. The van der Waals surface area contributed by atoms with Crippen molar-refractivity contribution in [1.29, 1.82) is 0 Å². The number of piperidine rings is 1. The van der Waals surface area contributed by atoms with Crippen LogP contribution in [0.5, 0.6) is 0 Å². The first-order valence-electron chi connectivity index (χ1n) is 8.50.